The zero-order valence-electron chi connectivity index (χ0n) is 10.6. The van der Waals surface area contributed by atoms with Gasteiger partial charge in [-0.3, -0.25) is 9.63 Å². The van der Waals surface area contributed by atoms with Gasteiger partial charge in [-0.15, -0.1) is 0 Å². The molecule has 0 aromatic rings. The van der Waals surface area contributed by atoms with Crippen LogP contribution in [0, 0.1) is 0 Å². The molecule has 0 amide bonds. The molecule has 1 aliphatic rings. The normalized spacial score (nSPS) is 24.4. The summed E-state index contributed by atoms with van der Waals surface area (Å²) < 4.78 is 0. The van der Waals surface area contributed by atoms with Gasteiger partial charge >= 0.3 is 0 Å². The number of Topliss-reactive ketones (excluding diaryl/α,β-unsaturated/α-hetero) is 1. The monoisotopic (exact) mass is 227 g/mol. The molecule has 0 radical (unpaired) electrons. The smallest absolute Gasteiger partial charge is 0.136 e. The molecule has 0 aliphatic carbocycles. The molecule has 4 nitrogen and oxygen atoms in total. The predicted octanol–water partition coefficient (Wildman–Crippen LogP) is 1.73. The summed E-state index contributed by atoms with van der Waals surface area (Å²) in [5.74, 6) is 0.269. The fourth-order valence-corrected chi connectivity index (χ4v) is 2.53. The van der Waals surface area contributed by atoms with Crippen molar-refractivity contribution in [2.75, 3.05) is 6.61 Å². The van der Waals surface area contributed by atoms with Crippen molar-refractivity contribution in [1.29, 1.82) is 0 Å². The summed E-state index contributed by atoms with van der Waals surface area (Å²) in [6.45, 7) is 8.35. The SMILES string of the molecule is CC1(C)CC(=O)CC(C)(C)N1OCCC=O. The maximum absolute atomic E-state index is 11.6. The number of hydrogen-bond acceptors (Lipinski definition) is 4. The molecule has 0 spiro atoms. The van der Waals surface area contributed by atoms with Gasteiger partial charge in [-0.25, -0.2) is 0 Å². The summed E-state index contributed by atoms with van der Waals surface area (Å²) in [4.78, 5) is 27.6. The molecule has 4 heteroatoms. The molecule has 1 heterocycles. The van der Waals surface area contributed by atoms with E-state index in [9.17, 15) is 9.59 Å². The van der Waals surface area contributed by atoms with Gasteiger partial charge in [0.15, 0.2) is 0 Å². The molecule has 1 rings (SSSR count). The Morgan fingerprint density at radius 3 is 2.19 bits per heavy atom. The second-order valence-electron chi connectivity index (χ2n) is 5.60. The van der Waals surface area contributed by atoms with E-state index in [1.54, 1.807) is 0 Å². The minimum Gasteiger partial charge on any atom is -0.303 e. The van der Waals surface area contributed by atoms with Crippen LogP contribution in [0.5, 0.6) is 0 Å². The van der Waals surface area contributed by atoms with E-state index >= 15 is 0 Å². The molecule has 1 aliphatic heterocycles. The number of piperidine rings is 1. The minimum atomic E-state index is -0.304. The second-order valence-corrected chi connectivity index (χ2v) is 5.60. The van der Waals surface area contributed by atoms with Gasteiger partial charge in [-0.2, -0.15) is 5.06 Å². The van der Waals surface area contributed by atoms with Crippen LogP contribution in [-0.4, -0.2) is 34.8 Å². The summed E-state index contributed by atoms with van der Waals surface area (Å²) in [6, 6.07) is 0. The standard InChI is InChI=1S/C12H21NO3/c1-11(2)8-10(15)9-12(3,4)13(11)16-7-5-6-14/h6H,5,7-9H2,1-4H3. The minimum absolute atomic E-state index is 0.269. The molecule has 0 atom stereocenters. The third-order valence-corrected chi connectivity index (χ3v) is 2.82. The van der Waals surface area contributed by atoms with Crippen molar-refractivity contribution in [3.8, 4) is 0 Å². The van der Waals surface area contributed by atoms with Crippen molar-refractivity contribution in [3.63, 3.8) is 0 Å². The zero-order valence-corrected chi connectivity index (χ0v) is 10.6. The Hall–Kier alpha value is -0.740. The maximum atomic E-state index is 11.6. The number of aldehydes is 1. The number of carbonyl (C=O) groups is 2. The van der Waals surface area contributed by atoms with Crippen molar-refractivity contribution in [2.24, 2.45) is 0 Å². The molecule has 0 saturated carbocycles. The first-order valence-corrected chi connectivity index (χ1v) is 5.68. The van der Waals surface area contributed by atoms with Crippen molar-refractivity contribution >= 4 is 12.1 Å². The zero-order chi connectivity index (χ0) is 12.4. The average molecular weight is 227 g/mol. The fourth-order valence-electron chi connectivity index (χ4n) is 2.53. The van der Waals surface area contributed by atoms with Crippen LogP contribution in [0.3, 0.4) is 0 Å². The van der Waals surface area contributed by atoms with Crippen LogP contribution in [-0.2, 0) is 14.4 Å². The number of carbonyl (C=O) groups excluding carboxylic acids is 2. The number of hydrogen-bond donors (Lipinski definition) is 0. The topological polar surface area (TPSA) is 46.6 Å². The lowest BCUT2D eigenvalue weighted by molar-refractivity contribution is -0.274. The highest BCUT2D eigenvalue weighted by Crippen LogP contribution is 2.36. The molecule has 1 fully saturated rings. The van der Waals surface area contributed by atoms with Crippen LogP contribution in [0.2, 0.25) is 0 Å². The summed E-state index contributed by atoms with van der Waals surface area (Å²) in [5, 5.41) is 1.88. The first-order valence-electron chi connectivity index (χ1n) is 5.68. The van der Waals surface area contributed by atoms with Gasteiger partial charge in [0.05, 0.1) is 6.61 Å². The highest BCUT2D eigenvalue weighted by atomic mass is 16.7. The second kappa shape index (κ2) is 4.63. The van der Waals surface area contributed by atoms with Gasteiger partial charge in [0.1, 0.15) is 12.1 Å². The van der Waals surface area contributed by atoms with Crippen LogP contribution in [0.25, 0.3) is 0 Å². The Morgan fingerprint density at radius 2 is 1.75 bits per heavy atom. The molecule has 16 heavy (non-hydrogen) atoms. The Kier molecular flexibility index (Phi) is 3.86. The largest absolute Gasteiger partial charge is 0.303 e. The molecular formula is C12H21NO3. The first-order chi connectivity index (χ1) is 7.29. The van der Waals surface area contributed by atoms with E-state index in [2.05, 4.69) is 0 Å². The lowest BCUT2D eigenvalue weighted by Crippen LogP contribution is -2.60. The van der Waals surface area contributed by atoms with Gasteiger partial charge in [-0.05, 0) is 27.7 Å². The summed E-state index contributed by atoms with van der Waals surface area (Å²) in [7, 11) is 0. The van der Waals surface area contributed by atoms with Crippen LogP contribution in [0.4, 0.5) is 0 Å². The Bertz CT molecular complexity index is 264. The van der Waals surface area contributed by atoms with E-state index < -0.39 is 0 Å². The highest BCUT2D eigenvalue weighted by molar-refractivity contribution is 5.81. The van der Waals surface area contributed by atoms with E-state index in [1.165, 1.54) is 0 Å². The van der Waals surface area contributed by atoms with Crippen molar-refractivity contribution in [1.82, 2.24) is 5.06 Å². The van der Waals surface area contributed by atoms with Crippen LogP contribution in [0.1, 0.15) is 47.0 Å². The van der Waals surface area contributed by atoms with Crippen molar-refractivity contribution in [2.45, 2.75) is 58.0 Å². The van der Waals surface area contributed by atoms with Gasteiger partial charge in [0.25, 0.3) is 0 Å². The van der Waals surface area contributed by atoms with Gasteiger partial charge in [0, 0.05) is 30.3 Å². The highest BCUT2D eigenvalue weighted by Gasteiger charge is 2.45. The average Bonchev–Trinajstić information content (AvgIpc) is 2.07. The number of ketones is 1. The van der Waals surface area contributed by atoms with E-state index in [-0.39, 0.29) is 16.9 Å². The number of hydroxylamine groups is 2. The van der Waals surface area contributed by atoms with E-state index in [1.807, 2.05) is 32.8 Å². The van der Waals surface area contributed by atoms with Crippen LogP contribution >= 0.6 is 0 Å². The molecule has 0 unspecified atom stereocenters. The van der Waals surface area contributed by atoms with Crippen LogP contribution < -0.4 is 0 Å². The van der Waals surface area contributed by atoms with Gasteiger partial charge < -0.3 is 4.79 Å². The third kappa shape index (κ3) is 2.89. The summed E-state index contributed by atoms with van der Waals surface area (Å²) >= 11 is 0. The molecular weight excluding hydrogens is 206 g/mol. The molecule has 0 N–H and O–H groups in total. The summed E-state index contributed by atoms with van der Waals surface area (Å²) in [6.07, 6.45) is 2.22. The first kappa shape index (κ1) is 13.3. The fraction of sp³-hybridized carbons (Fsp3) is 0.833. The Morgan fingerprint density at radius 1 is 1.25 bits per heavy atom. The lowest BCUT2D eigenvalue weighted by atomic mass is 9.81. The van der Waals surface area contributed by atoms with E-state index in [4.69, 9.17) is 4.84 Å². The molecule has 1 saturated heterocycles. The Labute approximate surface area is 96.9 Å². The quantitative estimate of drug-likeness (QED) is 0.542. The molecule has 0 aromatic heterocycles. The lowest BCUT2D eigenvalue weighted by Gasteiger charge is -2.50. The van der Waals surface area contributed by atoms with Gasteiger partial charge in [-0.1, -0.05) is 0 Å². The molecule has 0 bridgehead atoms. The maximum Gasteiger partial charge on any atom is 0.136 e. The van der Waals surface area contributed by atoms with Crippen molar-refractivity contribution < 1.29 is 14.4 Å². The Balaban J connectivity index is 2.75. The summed E-state index contributed by atoms with van der Waals surface area (Å²) in [5.41, 5.74) is -0.608. The third-order valence-electron chi connectivity index (χ3n) is 2.82. The van der Waals surface area contributed by atoms with Gasteiger partial charge in [0.2, 0.25) is 0 Å². The molecule has 92 valence electrons. The van der Waals surface area contributed by atoms with E-state index in [0.717, 1.165) is 6.29 Å². The van der Waals surface area contributed by atoms with Crippen LogP contribution in [0.15, 0.2) is 0 Å². The number of rotatable bonds is 4. The number of nitrogens with zero attached hydrogens (tertiary/aromatic N) is 1. The van der Waals surface area contributed by atoms with E-state index in [0.29, 0.717) is 25.9 Å². The predicted molar refractivity (Wildman–Crippen MR) is 60.9 cm³/mol. The van der Waals surface area contributed by atoms with Crippen molar-refractivity contribution in [3.05, 3.63) is 0 Å². The molecule has 0 aromatic carbocycles.